The van der Waals surface area contributed by atoms with E-state index in [1.807, 2.05) is 0 Å². The number of aliphatic hydroxyl groups excluding tert-OH is 1. The predicted molar refractivity (Wildman–Crippen MR) is 64.7 cm³/mol. The van der Waals surface area contributed by atoms with E-state index in [-0.39, 0.29) is 18.2 Å². The van der Waals surface area contributed by atoms with Gasteiger partial charge in [0.25, 0.3) is 0 Å². The van der Waals surface area contributed by atoms with Crippen molar-refractivity contribution in [2.75, 3.05) is 12.3 Å². The second kappa shape index (κ2) is 4.83. The molecule has 5 nitrogen and oxygen atoms in total. The predicted octanol–water partition coefficient (Wildman–Crippen LogP) is 0.457. The second-order valence-electron chi connectivity index (χ2n) is 4.45. The zero-order valence-electron chi connectivity index (χ0n) is 9.64. The third-order valence-electron chi connectivity index (χ3n) is 2.89. The van der Waals surface area contributed by atoms with Gasteiger partial charge in [0, 0.05) is 12.2 Å². The molecule has 18 heavy (non-hydrogen) atoms. The molecule has 1 atom stereocenters. The Morgan fingerprint density at radius 1 is 1.50 bits per heavy atom. The minimum Gasteiger partial charge on any atom is -0.399 e. The summed E-state index contributed by atoms with van der Waals surface area (Å²) < 4.78 is 39.3. The fourth-order valence-electron chi connectivity index (χ4n) is 1.66. The molecule has 0 heterocycles. The van der Waals surface area contributed by atoms with Gasteiger partial charge < -0.3 is 10.8 Å². The van der Waals surface area contributed by atoms with Gasteiger partial charge in [0.2, 0.25) is 10.0 Å². The van der Waals surface area contributed by atoms with E-state index in [1.165, 1.54) is 6.07 Å². The van der Waals surface area contributed by atoms with Crippen LogP contribution in [0.15, 0.2) is 23.1 Å². The Hall–Kier alpha value is -1.18. The molecule has 4 N–H and O–H groups in total. The van der Waals surface area contributed by atoms with Gasteiger partial charge in [0.15, 0.2) is 0 Å². The van der Waals surface area contributed by atoms with Crippen LogP contribution in [0.25, 0.3) is 0 Å². The molecule has 2 rings (SSSR count). The van der Waals surface area contributed by atoms with Crippen LogP contribution < -0.4 is 10.5 Å². The van der Waals surface area contributed by atoms with Crippen LogP contribution in [-0.4, -0.2) is 26.2 Å². The normalized spacial score (nSPS) is 17.7. The van der Waals surface area contributed by atoms with E-state index in [1.54, 1.807) is 0 Å². The lowest BCUT2D eigenvalue weighted by molar-refractivity contribution is 0.155. The van der Waals surface area contributed by atoms with Gasteiger partial charge in [0.1, 0.15) is 10.7 Å². The molecule has 1 aliphatic rings. The summed E-state index contributed by atoms with van der Waals surface area (Å²) in [6.07, 6.45) is 1.09. The first kappa shape index (κ1) is 13.3. The van der Waals surface area contributed by atoms with Gasteiger partial charge in [-0.25, -0.2) is 17.5 Å². The highest BCUT2D eigenvalue weighted by atomic mass is 32.2. The van der Waals surface area contributed by atoms with Crippen molar-refractivity contribution in [3.63, 3.8) is 0 Å². The molecule has 0 saturated heterocycles. The van der Waals surface area contributed by atoms with Gasteiger partial charge >= 0.3 is 0 Å². The number of rotatable bonds is 5. The minimum absolute atomic E-state index is 0.100. The molecule has 1 aromatic carbocycles. The standard InChI is InChI=1S/C11H15FN2O3S/c12-9-5-8(13)3-4-11(9)18(16,17)14-6-10(15)7-1-2-7/h3-5,7,10,14-15H,1-2,6,13H2. The van der Waals surface area contributed by atoms with Crippen molar-refractivity contribution in [2.24, 2.45) is 5.92 Å². The van der Waals surface area contributed by atoms with Gasteiger partial charge in [-0.15, -0.1) is 0 Å². The Kier molecular flexibility index (Phi) is 3.56. The van der Waals surface area contributed by atoms with Crippen LogP contribution in [0.1, 0.15) is 12.8 Å². The first-order valence-corrected chi connectivity index (χ1v) is 7.11. The monoisotopic (exact) mass is 274 g/mol. The summed E-state index contributed by atoms with van der Waals surface area (Å²) in [6.45, 7) is -0.100. The van der Waals surface area contributed by atoms with E-state index in [2.05, 4.69) is 4.72 Å². The summed E-state index contributed by atoms with van der Waals surface area (Å²) in [7, 11) is -3.95. The number of hydrogen-bond acceptors (Lipinski definition) is 4. The first-order valence-electron chi connectivity index (χ1n) is 5.63. The molecular weight excluding hydrogens is 259 g/mol. The van der Waals surface area contributed by atoms with Crippen molar-refractivity contribution in [3.8, 4) is 0 Å². The van der Waals surface area contributed by atoms with E-state index >= 15 is 0 Å². The smallest absolute Gasteiger partial charge is 0.243 e. The van der Waals surface area contributed by atoms with Gasteiger partial charge in [0.05, 0.1) is 6.10 Å². The Labute approximate surface area is 105 Å². The topological polar surface area (TPSA) is 92.4 Å². The molecule has 1 aliphatic carbocycles. The largest absolute Gasteiger partial charge is 0.399 e. The molecule has 0 amide bonds. The van der Waals surface area contributed by atoms with Gasteiger partial charge in [-0.2, -0.15) is 0 Å². The number of aliphatic hydroxyl groups is 1. The number of benzene rings is 1. The molecule has 100 valence electrons. The van der Waals surface area contributed by atoms with Crippen molar-refractivity contribution < 1.29 is 17.9 Å². The second-order valence-corrected chi connectivity index (χ2v) is 6.18. The van der Waals surface area contributed by atoms with Crippen LogP contribution in [0.3, 0.4) is 0 Å². The van der Waals surface area contributed by atoms with Crippen molar-refractivity contribution in [3.05, 3.63) is 24.0 Å². The zero-order chi connectivity index (χ0) is 13.3. The Balaban J connectivity index is 2.09. The van der Waals surface area contributed by atoms with Gasteiger partial charge in [-0.1, -0.05) is 0 Å². The molecule has 1 saturated carbocycles. The van der Waals surface area contributed by atoms with E-state index in [0.717, 1.165) is 25.0 Å². The minimum atomic E-state index is -3.95. The lowest BCUT2D eigenvalue weighted by atomic mass is 10.2. The Morgan fingerprint density at radius 2 is 2.17 bits per heavy atom. The zero-order valence-corrected chi connectivity index (χ0v) is 10.5. The van der Waals surface area contributed by atoms with Crippen LogP contribution in [0.2, 0.25) is 0 Å². The van der Waals surface area contributed by atoms with Crippen LogP contribution >= 0.6 is 0 Å². The summed E-state index contributed by atoms with van der Waals surface area (Å²) in [6, 6.07) is 3.37. The quantitative estimate of drug-likeness (QED) is 0.680. The van der Waals surface area contributed by atoms with Crippen molar-refractivity contribution >= 4 is 15.7 Å². The Bertz CT molecular complexity index is 543. The molecular formula is C11H15FN2O3S. The molecule has 0 aromatic heterocycles. The summed E-state index contributed by atoms with van der Waals surface area (Å²) in [4.78, 5) is -0.459. The Morgan fingerprint density at radius 3 is 2.72 bits per heavy atom. The highest BCUT2D eigenvalue weighted by Crippen LogP contribution is 2.32. The highest BCUT2D eigenvalue weighted by Gasteiger charge is 2.31. The van der Waals surface area contributed by atoms with Crippen LogP contribution in [0.5, 0.6) is 0 Å². The van der Waals surface area contributed by atoms with Gasteiger partial charge in [-0.05, 0) is 37.0 Å². The maximum absolute atomic E-state index is 13.5. The number of nitrogens with two attached hydrogens (primary N) is 1. The molecule has 0 bridgehead atoms. The molecule has 0 radical (unpaired) electrons. The number of nitrogens with one attached hydrogen (secondary N) is 1. The summed E-state index contributed by atoms with van der Waals surface area (Å²) in [5.74, 6) is -0.743. The highest BCUT2D eigenvalue weighted by molar-refractivity contribution is 7.89. The SMILES string of the molecule is Nc1ccc(S(=O)(=O)NCC(O)C2CC2)c(F)c1. The third-order valence-corrected chi connectivity index (χ3v) is 4.35. The summed E-state index contributed by atoms with van der Waals surface area (Å²) in [5.41, 5.74) is 5.50. The van der Waals surface area contributed by atoms with E-state index in [0.29, 0.717) is 0 Å². The lowest BCUT2D eigenvalue weighted by Crippen LogP contribution is -2.33. The summed E-state index contributed by atoms with van der Waals surface area (Å²) >= 11 is 0. The molecule has 1 fully saturated rings. The maximum atomic E-state index is 13.5. The first-order chi connectivity index (χ1) is 8.40. The van der Waals surface area contributed by atoms with E-state index in [4.69, 9.17) is 5.73 Å². The average molecular weight is 274 g/mol. The van der Waals surface area contributed by atoms with E-state index in [9.17, 15) is 17.9 Å². The fraction of sp³-hybridized carbons (Fsp3) is 0.455. The number of halogens is 1. The number of hydrogen-bond donors (Lipinski definition) is 3. The van der Waals surface area contributed by atoms with Crippen molar-refractivity contribution in [1.29, 1.82) is 0 Å². The lowest BCUT2D eigenvalue weighted by Gasteiger charge is -2.11. The van der Waals surface area contributed by atoms with Crippen molar-refractivity contribution in [2.45, 2.75) is 23.8 Å². The van der Waals surface area contributed by atoms with Crippen LogP contribution in [0.4, 0.5) is 10.1 Å². The molecule has 0 spiro atoms. The summed E-state index contributed by atoms with van der Waals surface area (Å²) in [5, 5.41) is 9.57. The molecule has 1 unspecified atom stereocenters. The van der Waals surface area contributed by atoms with Gasteiger partial charge in [-0.3, -0.25) is 0 Å². The molecule has 0 aliphatic heterocycles. The average Bonchev–Trinajstić information content (AvgIpc) is 3.09. The number of anilines is 1. The maximum Gasteiger partial charge on any atom is 0.243 e. The number of sulfonamides is 1. The number of nitrogen functional groups attached to an aromatic ring is 1. The third kappa shape index (κ3) is 2.98. The molecule has 7 heteroatoms. The van der Waals surface area contributed by atoms with Crippen LogP contribution in [-0.2, 0) is 10.0 Å². The van der Waals surface area contributed by atoms with E-state index < -0.39 is 26.8 Å². The van der Waals surface area contributed by atoms with Crippen molar-refractivity contribution in [1.82, 2.24) is 4.72 Å². The van der Waals surface area contributed by atoms with Crippen LogP contribution in [0, 0.1) is 11.7 Å². The molecule has 1 aromatic rings. The fourth-order valence-corrected chi connectivity index (χ4v) is 2.76.